The number of hydrogen-bond donors (Lipinski definition) is 0. The van der Waals surface area contributed by atoms with E-state index in [-0.39, 0.29) is 0 Å². The summed E-state index contributed by atoms with van der Waals surface area (Å²) in [6.07, 6.45) is 0. The van der Waals surface area contributed by atoms with Crippen LogP contribution in [0.1, 0.15) is 5.56 Å². The lowest BCUT2D eigenvalue weighted by Gasteiger charge is -1.97. The van der Waals surface area contributed by atoms with Gasteiger partial charge in [0.15, 0.2) is 0 Å². The first-order valence-corrected chi connectivity index (χ1v) is 2.79. The van der Waals surface area contributed by atoms with E-state index in [0.29, 0.717) is 0 Å². The molecule has 1 rings (SSSR count). The molecule has 0 aromatic heterocycles. The van der Waals surface area contributed by atoms with Crippen LogP contribution < -0.4 is 4.74 Å². The molecule has 0 saturated carbocycles. The molecule has 1 heteroatoms. The van der Waals surface area contributed by atoms with E-state index in [1.54, 1.807) is 7.11 Å². The van der Waals surface area contributed by atoms with E-state index in [4.69, 9.17) is 4.74 Å². The number of benzene rings is 1. The Morgan fingerprint density at radius 1 is 1.22 bits per heavy atom. The molecule has 0 aliphatic carbocycles. The van der Waals surface area contributed by atoms with Crippen molar-refractivity contribution >= 4 is 0 Å². The summed E-state index contributed by atoms with van der Waals surface area (Å²) in [5.74, 6) is 0.877. The summed E-state index contributed by atoms with van der Waals surface area (Å²) in [4.78, 5) is 0. The predicted octanol–water partition coefficient (Wildman–Crippen LogP) is 1.88. The molecule has 0 fully saturated rings. The van der Waals surface area contributed by atoms with Gasteiger partial charge in [-0.3, -0.25) is 0 Å². The second-order valence-electron chi connectivity index (χ2n) is 1.85. The van der Waals surface area contributed by atoms with Crippen molar-refractivity contribution in [2.75, 3.05) is 7.11 Å². The Morgan fingerprint density at radius 3 is 2.22 bits per heavy atom. The van der Waals surface area contributed by atoms with Crippen molar-refractivity contribution < 1.29 is 4.74 Å². The van der Waals surface area contributed by atoms with Gasteiger partial charge in [-0.2, -0.15) is 0 Å². The second kappa shape index (κ2) is 2.53. The lowest BCUT2D eigenvalue weighted by atomic mass is 10.2. The zero-order chi connectivity index (χ0) is 6.69. The van der Waals surface area contributed by atoms with Crippen LogP contribution in [-0.2, 0) is 0 Å². The van der Waals surface area contributed by atoms with Crippen molar-refractivity contribution in [1.82, 2.24) is 0 Å². The highest BCUT2D eigenvalue weighted by Gasteiger charge is 1.85. The van der Waals surface area contributed by atoms with Gasteiger partial charge in [0.25, 0.3) is 0 Å². The van der Waals surface area contributed by atoms with Crippen LogP contribution in [0, 0.1) is 6.92 Å². The Labute approximate surface area is 55.3 Å². The molecule has 0 N–H and O–H groups in total. The molecule has 0 heterocycles. The van der Waals surface area contributed by atoms with E-state index in [1.807, 2.05) is 24.3 Å². The lowest BCUT2D eigenvalue weighted by Crippen LogP contribution is -1.80. The van der Waals surface area contributed by atoms with Crippen molar-refractivity contribution in [1.29, 1.82) is 0 Å². The maximum absolute atomic E-state index is 4.94. The minimum absolute atomic E-state index is 0.877. The third-order valence-electron chi connectivity index (χ3n) is 1.16. The SMILES string of the molecule is [CH2]c1ccc(OC)cc1. The highest BCUT2D eigenvalue weighted by Crippen LogP contribution is 2.09. The summed E-state index contributed by atoms with van der Waals surface area (Å²) >= 11 is 0. The van der Waals surface area contributed by atoms with Gasteiger partial charge in [-0.05, 0) is 24.6 Å². The second-order valence-corrected chi connectivity index (χ2v) is 1.85. The number of methoxy groups -OCH3 is 1. The maximum Gasteiger partial charge on any atom is 0.118 e. The third-order valence-corrected chi connectivity index (χ3v) is 1.16. The molecular formula is C8H9O. The minimum atomic E-state index is 0.877. The summed E-state index contributed by atoms with van der Waals surface area (Å²) in [5, 5.41) is 0. The molecule has 1 radical (unpaired) electrons. The van der Waals surface area contributed by atoms with Crippen LogP contribution in [-0.4, -0.2) is 7.11 Å². The molecule has 0 unspecified atom stereocenters. The Balaban J connectivity index is 2.88. The van der Waals surface area contributed by atoms with Gasteiger partial charge in [0.2, 0.25) is 0 Å². The summed E-state index contributed by atoms with van der Waals surface area (Å²) in [6.45, 7) is 3.74. The van der Waals surface area contributed by atoms with Gasteiger partial charge in [0.1, 0.15) is 5.75 Å². The Kier molecular flexibility index (Phi) is 1.73. The molecular weight excluding hydrogens is 112 g/mol. The summed E-state index contributed by atoms with van der Waals surface area (Å²) in [5.41, 5.74) is 1.01. The summed E-state index contributed by atoms with van der Waals surface area (Å²) < 4.78 is 4.94. The van der Waals surface area contributed by atoms with Crippen molar-refractivity contribution in [3.05, 3.63) is 36.8 Å². The number of ether oxygens (including phenoxy) is 1. The van der Waals surface area contributed by atoms with E-state index < -0.39 is 0 Å². The maximum atomic E-state index is 4.94. The first kappa shape index (κ1) is 6.14. The molecule has 0 aliphatic heterocycles. The molecule has 1 nitrogen and oxygen atoms in total. The van der Waals surface area contributed by atoms with Gasteiger partial charge in [-0.25, -0.2) is 0 Å². The molecule has 0 saturated heterocycles. The van der Waals surface area contributed by atoms with Crippen molar-refractivity contribution in [2.24, 2.45) is 0 Å². The molecule has 0 aliphatic rings. The smallest absolute Gasteiger partial charge is 0.118 e. The van der Waals surface area contributed by atoms with E-state index in [9.17, 15) is 0 Å². The van der Waals surface area contributed by atoms with E-state index in [0.717, 1.165) is 11.3 Å². The zero-order valence-corrected chi connectivity index (χ0v) is 5.42. The molecule has 0 atom stereocenters. The van der Waals surface area contributed by atoms with Gasteiger partial charge in [-0.1, -0.05) is 12.1 Å². The Bertz CT molecular complexity index is 176. The third kappa shape index (κ3) is 1.46. The van der Waals surface area contributed by atoms with Crippen LogP contribution in [0.25, 0.3) is 0 Å². The normalized spacial score (nSPS) is 9.11. The number of hydrogen-bond acceptors (Lipinski definition) is 1. The fourth-order valence-corrected chi connectivity index (χ4v) is 0.626. The van der Waals surface area contributed by atoms with Crippen LogP contribution in [0.4, 0.5) is 0 Å². The Hall–Kier alpha value is -0.980. The first-order valence-electron chi connectivity index (χ1n) is 2.79. The molecule has 47 valence electrons. The van der Waals surface area contributed by atoms with Crippen molar-refractivity contribution in [3.63, 3.8) is 0 Å². The molecule has 0 amide bonds. The van der Waals surface area contributed by atoms with Crippen LogP contribution >= 0.6 is 0 Å². The largest absolute Gasteiger partial charge is 0.497 e. The van der Waals surface area contributed by atoms with Gasteiger partial charge < -0.3 is 4.74 Å². The predicted molar refractivity (Wildman–Crippen MR) is 37.5 cm³/mol. The van der Waals surface area contributed by atoms with Crippen LogP contribution in [0.5, 0.6) is 5.75 Å². The number of rotatable bonds is 1. The topological polar surface area (TPSA) is 9.23 Å². The molecule has 0 bridgehead atoms. The summed E-state index contributed by atoms with van der Waals surface area (Å²) in [7, 11) is 1.65. The molecule has 1 aromatic carbocycles. The lowest BCUT2D eigenvalue weighted by molar-refractivity contribution is 0.415. The monoisotopic (exact) mass is 121 g/mol. The Morgan fingerprint density at radius 2 is 1.78 bits per heavy atom. The average Bonchev–Trinajstić information content (AvgIpc) is 1.90. The quantitative estimate of drug-likeness (QED) is 0.551. The van der Waals surface area contributed by atoms with Gasteiger partial charge in [-0.15, -0.1) is 0 Å². The van der Waals surface area contributed by atoms with Gasteiger partial charge in [0, 0.05) is 0 Å². The van der Waals surface area contributed by atoms with Crippen molar-refractivity contribution in [3.8, 4) is 5.75 Å². The molecule has 0 spiro atoms. The van der Waals surface area contributed by atoms with Crippen molar-refractivity contribution in [2.45, 2.75) is 0 Å². The van der Waals surface area contributed by atoms with Gasteiger partial charge in [0.05, 0.1) is 7.11 Å². The van der Waals surface area contributed by atoms with E-state index >= 15 is 0 Å². The van der Waals surface area contributed by atoms with Crippen LogP contribution in [0.3, 0.4) is 0 Å². The summed E-state index contributed by atoms with van der Waals surface area (Å²) in [6, 6.07) is 7.61. The molecule has 1 aromatic rings. The van der Waals surface area contributed by atoms with E-state index in [1.165, 1.54) is 0 Å². The highest BCUT2D eigenvalue weighted by atomic mass is 16.5. The van der Waals surface area contributed by atoms with Crippen LogP contribution in [0.15, 0.2) is 24.3 Å². The van der Waals surface area contributed by atoms with Crippen LogP contribution in [0.2, 0.25) is 0 Å². The fraction of sp³-hybridized carbons (Fsp3) is 0.125. The zero-order valence-electron chi connectivity index (χ0n) is 5.42. The fourth-order valence-electron chi connectivity index (χ4n) is 0.626. The molecule has 9 heavy (non-hydrogen) atoms. The van der Waals surface area contributed by atoms with E-state index in [2.05, 4.69) is 6.92 Å². The van der Waals surface area contributed by atoms with Gasteiger partial charge >= 0.3 is 0 Å². The highest BCUT2D eigenvalue weighted by molar-refractivity contribution is 5.28. The minimum Gasteiger partial charge on any atom is -0.497 e. The average molecular weight is 121 g/mol. The standard InChI is InChI=1S/C8H9O/c1-7-3-5-8(9-2)6-4-7/h3-6H,1H2,2H3. The first-order chi connectivity index (χ1) is 4.33.